The summed E-state index contributed by atoms with van der Waals surface area (Å²) in [5.74, 6) is 5.67. The van der Waals surface area contributed by atoms with Crippen LogP contribution in [0.3, 0.4) is 0 Å². The molecule has 0 aliphatic carbocycles. The first-order valence-electron chi connectivity index (χ1n) is 5.20. The van der Waals surface area contributed by atoms with Crippen molar-refractivity contribution in [2.24, 2.45) is 5.84 Å². The van der Waals surface area contributed by atoms with E-state index in [-0.39, 0.29) is 6.04 Å². The van der Waals surface area contributed by atoms with E-state index in [1.54, 1.807) is 17.5 Å². The monoisotopic (exact) mass is 412 g/mol. The molecule has 2 aromatic heterocycles. The first kappa shape index (κ1) is 14.5. The van der Waals surface area contributed by atoms with E-state index in [4.69, 9.17) is 17.4 Å². The van der Waals surface area contributed by atoms with E-state index in [2.05, 4.69) is 42.4 Å². The number of aromatic nitrogens is 2. The van der Waals surface area contributed by atoms with E-state index >= 15 is 0 Å². The molecule has 0 aliphatic heterocycles. The fraction of sp³-hybridized carbons (Fsp3) is 0.300. The Morgan fingerprint density at radius 3 is 2.83 bits per heavy atom. The van der Waals surface area contributed by atoms with E-state index in [9.17, 15) is 0 Å². The van der Waals surface area contributed by atoms with E-state index in [0.29, 0.717) is 5.02 Å². The van der Waals surface area contributed by atoms with Crippen LogP contribution >= 0.6 is 54.8 Å². The number of nitrogens with two attached hydrogens (primary N) is 1. The van der Waals surface area contributed by atoms with Crippen molar-refractivity contribution >= 4 is 54.8 Å². The lowest BCUT2D eigenvalue weighted by molar-refractivity contribution is 0.548. The normalized spacial score (nSPS) is 12.9. The number of hydrazine groups is 1. The maximum Gasteiger partial charge on any atom is 0.0985 e. The molecule has 1 unspecified atom stereocenters. The van der Waals surface area contributed by atoms with Gasteiger partial charge in [-0.1, -0.05) is 11.6 Å². The van der Waals surface area contributed by atoms with Gasteiger partial charge < -0.3 is 0 Å². The van der Waals surface area contributed by atoms with Gasteiger partial charge in [0, 0.05) is 15.9 Å². The molecule has 0 saturated carbocycles. The number of hydrogen-bond acceptors (Lipinski definition) is 4. The zero-order valence-electron chi connectivity index (χ0n) is 9.45. The molecular weight excluding hydrogens is 403 g/mol. The van der Waals surface area contributed by atoms with Crippen molar-refractivity contribution in [2.45, 2.75) is 19.5 Å². The lowest BCUT2D eigenvalue weighted by atomic mass is 10.2. The first-order valence-corrected chi connectivity index (χ1v) is 7.98. The number of nitrogens with one attached hydrogen (secondary N) is 1. The van der Waals surface area contributed by atoms with E-state index in [1.165, 1.54) is 0 Å². The number of halogens is 3. The lowest BCUT2D eigenvalue weighted by Crippen LogP contribution is -2.30. The maximum atomic E-state index is 6.20. The molecule has 0 fully saturated rings. The average molecular weight is 415 g/mol. The van der Waals surface area contributed by atoms with Gasteiger partial charge >= 0.3 is 0 Å². The van der Waals surface area contributed by atoms with Crippen LogP contribution in [0.5, 0.6) is 0 Å². The van der Waals surface area contributed by atoms with Crippen molar-refractivity contribution in [1.82, 2.24) is 15.2 Å². The van der Waals surface area contributed by atoms with Crippen molar-refractivity contribution in [3.8, 4) is 0 Å². The molecule has 0 amide bonds. The highest BCUT2D eigenvalue weighted by atomic mass is 79.9. The fourth-order valence-electron chi connectivity index (χ4n) is 1.71. The van der Waals surface area contributed by atoms with E-state index in [0.717, 1.165) is 25.4 Å². The molecule has 2 rings (SSSR count). The second-order valence-corrected chi connectivity index (χ2v) is 7.23. The summed E-state index contributed by atoms with van der Waals surface area (Å²) < 4.78 is 3.87. The molecule has 98 valence electrons. The van der Waals surface area contributed by atoms with Gasteiger partial charge in [-0.2, -0.15) is 5.10 Å². The van der Waals surface area contributed by atoms with E-state index in [1.807, 2.05) is 17.7 Å². The Morgan fingerprint density at radius 2 is 2.33 bits per heavy atom. The molecule has 0 bridgehead atoms. The summed E-state index contributed by atoms with van der Waals surface area (Å²) in [6.45, 7) is 2.76. The molecule has 0 saturated heterocycles. The van der Waals surface area contributed by atoms with Gasteiger partial charge in [0.15, 0.2) is 0 Å². The Balaban J connectivity index is 2.47. The van der Waals surface area contributed by atoms with Gasteiger partial charge in [0.2, 0.25) is 0 Å². The van der Waals surface area contributed by atoms with Crippen LogP contribution in [-0.4, -0.2) is 9.78 Å². The zero-order chi connectivity index (χ0) is 13.3. The Morgan fingerprint density at radius 1 is 1.61 bits per heavy atom. The lowest BCUT2D eigenvalue weighted by Gasteiger charge is -2.16. The summed E-state index contributed by atoms with van der Waals surface area (Å²) in [6.07, 6.45) is 1.64. The van der Waals surface area contributed by atoms with Crippen molar-refractivity contribution in [2.75, 3.05) is 0 Å². The van der Waals surface area contributed by atoms with Gasteiger partial charge in [-0.05, 0) is 44.8 Å². The Kier molecular flexibility index (Phi) is 4.85. The molecule has 2 aromatic rings. The summed E-state index contributed by atoms with van der Waals surface area (Å²) >= 11 is 14.7. The van der Waals surface area contributed by atoms with Gasteiger partial charge in [-0.3, -0.25) is 10.5 Å². The third-order valence-corrected chi connectivity index (χ3v) is 6.13. The van der Waals surface area contributed by atoms with Crippen molar-refractivity contribution < 1.29 is 0 Å². The van der Waals surface area contributed by atoms with Crippen LogP contribution in [-0.2, 0) is 6.54 Å². The zero-order valence-corrected chi connectivity index (χ0v) is 14.2. The quantitative estimate of drug-likeness (QED) is 0.593. The SMILES string of the molecule is CCn1ncc(Cl)c1C(NN)c1cc(Br)c(Br)s1. The minimum absolute atomic E-state index is 0.174. The van der Waals surface area contributed by atoms with Crippen LogP contribution in [0.1, 0.15) is 23.5 Å². The van der Waals surface area contributed by atoms with Crippen molar-refractivity contribution in [1.29, 1.82) is 0 Å². The highest BCUT2D eigenvalue weighted by molar-refractivity contribution is 9.13. The maximum absolute atomic E-state index is 6.20. The molecular formula is C10H11Br2ClN4S. The smallest absolute Gasteiger partial charge is 0.0985 e. The molecule has 18 heavy (non-hydrogen) atoms. The van der Waals surface area contributed by atoms with Crippen LogP contribution in [0, 0.1) is 0 Å². The molecule has 0 radical (unpaired) electrons. The summed E-state index contributed by atoms with van der Waals surface area (Å²) in [5.41, 5.74) is 3.68. The summed E-state index contributed by atoms with van der Waals surface area (Å²) in [5, 5.41) is 4.84. The van der Waals surface area contributed by atoms with Crippen LogP contribution in [0.2, 0.25) is 5.02 Å². The van der Waals surface area contributed by atoms with Crippen molar-refractivity contribution in [3.63, 3.8) is 0 Å². The predicted molar refractivity (Wildman–Crippen MR) is 81.8 cm³/mol. The fourth-order valence-corrected chi connectivity index (χ4v) is 4.12. The van der Waals surface area contributed by atoms with Crippen LogP contribution in [0.25, 0.3) is 0 Å². The number of hydrogen-bond donors (Lipinski definition) is 2. The number of nitrogens with zero attached hydrogens (tertiary/aromatic N) is 2. The molecule has 0 spiro atoms. The van der Waals surface area contributed by atoms with Crippen LogP contribution in [0.4, 0.5) is 0 Å². The minimum Gasteiger partial charge on any atom is -0.270 e. The van der Waals surface area contributed by atoms with Gasteiger partial charge in [-0.25, -0.2) is 5.43 Å². The largest absolute Gasteiger partial charge is 0.270 e. The van der Waals surface area contributed by atoms with Gasteiger partial charge in [0.05, 0.1) is 26.7 Å². The van der Waals surface area contributed by atoms with Crippen LogP contribution in [0.15, 0.2) is 20.5 Å². The second kappa shape index (κ2) is 6.02. The Bertz CT molecular complexity index is 535. The summed E-state index contributed by atoms with van der Waals surface area (Å²) in [4.78, 5) is 1.06. The van der Waals surface area contributed by atoms with Gasteiger partial charge in [-0.15, -0.1) is 11.3 Å². The first-order chi connectivity index (χ1) is 8.58. The van der Waals surface area contributed by atoms with Crippen LogP contribution < -0.4 is 11.3 Å². The molecule has 3 N–H and O–H groups in total. The van der Waals surface area contributed by atoms with Gasteiger partial charge in [0.25, 0.3) is 0 Å². The Hall–Kier alpha value is 0.0800. The van der Waals surface area contributed by atoms with E-state index < -0.39 is 0 Å². The predicted octanol–water partition coefficient (Wildman–Crippen LogP) is 3.70. The molecule has 1 atom stereocenters. The third kappa shape index (κ3) is 2.66. The number of aryl methyl sites for hydroxylation is 1. The average Bonchev–Trinajstić information content (AvgIpc) is 2.86. The topological polar surface area (TPSA) is 55.9 Å². The standard InChI is InChI=1S/C10H11Br2ClN4S/c1-2-17-9(6(13)4-15-17)8(16-14)7-3-5(11)10(12)18-7/h3-4,8,16H,2,14H2,1H3. The highest BCUT2D eigenvalue weighted by Crippen LogP contribution is 2.38. The summed E-state index contributed by atoms with van der Waals surface area (Å²) in [7, 11) is 0. The van der Waals surface area contributed by atoms with Crippen molar-refractivity contribution in [3.05, 3.63) is 36.1 Å². The molecule has 2 heterocycles. The molecule has 4 nitrogen and oxygen atoms in total. The highest BCUT2D eigenvalue weighted by Gasteiger charge is 2.23. The molecule has 8 heteroatoms. The number of rotatable bonds is 4. The molecule has 0 aromatic carbocycles. The minimum atomic E-state index is -0.174. The molecule has 0 aliphatic rings. The second-order valence-electron chi connectivity index (χ2n) is 3.56. The van der Waals surface area contributed by atoms with Gasteiger partial charge in [0.1, 0.15) is 0 Å². The Labute approximate surface area is 131 Å². The summed E-state index contributed by atoms with van der Waals surface area (Å²) in [6, 6.07) is 1.84. The third-order valence-electron chi connectivity index (χ3n) is 2.52. The number of thiophene rings is 1.